The van der Waals surface area contributed by atoms with Crippen LogP contribution in [0.4, 0.5) is 5.13 Å². The molecule has 0 amide bonds. The third-order valence-electron chi connectivity index (χ3n) is 3.48. The van der Waals surface area contributed by atoms with Crippen molar-refractivity contribution >= 4 is 27.5 Å². The van der Waals surface area contributed by atoms with Crippen molar-refractivity contribution in [3.8, 4) is 0 Å². The van der Waals surface area contributed by atoms with Crippen LogP contribution < -0.4 is 5.73 Å². The lowest BCUT2D eigenvalue weighted by Gasteiger charge is -2.07. The van der Waals surface area contributed by atoms with E-state index in [9.17, 15) is 0 Å². The van der Waals surface area contributed by atoms with E-state index in [0.717, 1.165) is 49.3 Å². The Morgan fingerprint density at radius 2 is 2.19 bits per heavy atom. The number of imidazole rings is 1. The predicted octanol–water partition coefficient (Wildman–Crippen LogP) is 3.06. The van der Waals surface area contributed by atoms with E-state index < -0.39 is 0 Å². The number of thiazole rings is 1. The van der Waals surface area contributed by atoms with Crippen LogP contribution in [0.15, 0.2) is 23.8 Å². The van der Waals surface area contributed by atoms with Crippen molar-refractivity contribution in [1.29, 1.82) is 0 Å². The first-order valence-corrected chi connectivity index (χ1v) is 8.15. The number of nitrogens with two attached hydrogens (primary N) is 1. The SMILES string of the molecule is CCCn1c(CCCc2csc(N)n2)nc2cnccc21. The average Bonchev–Trinajstić information content (AvgIpc) is 3.04. The summed E-state index contributed by atoms with van der Waals surface area (Å²) in [4.78, 5) is 13.2. The van der Waals surface area contributed by atoms with Crippen LogP contribution in [0.5, 0.6) is 0 Å². The van der Waals surface area contributed by atoms with Crippen molar-refractivity contribution < 1.29 is 0 Å². The Balaban J connectivity index is 1.74. The molecule has 5 nitrogen and oxygen atoms in total. The van der Waals surface area contributed by atoms with Gasteiger partial charge in [0.05, 0.1) is 17.4 Å². The number of aromatic nitrogens is 4. The second kappa shape index (κ2) is 6.22. The molecular weight excluding hydrogens is 282 g/mol. The standard InChI is InChI=1S/C15H19N5S/c1-2-8-20-13-6-7-17-9-12(13)19-14(20)5-3-4-11-10-21-15(16)18-11/h6-7,9-10H,2-5,8H2,1H3,(H2,16,18). The summed E-state index contributed by atoms with van der Waals surface area (Å²) in [7, 11) is 0. The number of nitrogens with zero attached hydrogens (tertiary/aromatic N) is 4. The van der Waals surface area contributed by atoms with Crippen molar-refractivity contribution in [3.63, 3.8) is 0 Å². The molecule has 3 rings (SSSR count). The summed E-state index contributed by atoms with van der Waals surface area (Å²) >= 11 is 1.50. The maximum Gasteiger partial charge on any atom is 0.180 e. The van der Waals surface area contributed by atoms with Crippen LogP contribution in [-0.2, 0) is 19.4 Å². The molecule has 3 aromatic heterocycles. The van der Waals surface area contributed by atoms with Gasteiger partial charge in [-0.2, -0.15) is 0 Å². The molecule has 0 aliphatic carbocycles. The summed E-state index contributed by atoms with van der Waals surface area (Å²) in [5.74, 6) is 1.14. The van der Waals surface area contributed by atoms with Gasteiger partial charge < -0.3 is 10.3 Å². The molecule has 0 bridgehead atoms. The van der Waals surface area contributed by atoms with Crippen molar-refractivity contribution in [2.75, 3.05) is 5.73 Å². The molecule has 6 heteroatoms. The summed E-state index contributed by atoms with van der Waals surface area (Å²) in [5, 5.41) is 2.68. The Labute approximate surface area is 127 Å². The van der Waals surface area contributed by atoms with Crippen LogP contribution in [0.3, 0.4) is 0 Å². The normalized spacial score (nSPS) is 11.3. The van der Waals surface area contributed by atoms with E-state index in [1.807, 2.05) is 23.8 Å². The highest BCUT2D eigenvalue weighted by molar-refractivity contribution is 7.13. The van der Waals surface area contributed by atoms with Crippen LogP contribution in [0, 0.1) is 0 Å². The average molecular weight is 301 g/mol. The summed E-state index contributed by atoms with van der Waals surface area (Å²) in [5.41, 5.74) is 8.91. The smallest absolute Gasteiger partial charge is 0.180 e. The molecular formula is C15H19N5S. The molecule has 0 aliphatic rings. The largest absolute Gasteiger partial charge is 0.375 e. The van der Waals surface area contributed by atoms with Gasteiger partial charge in [-0.1, -0.05) is 6.92 Å². The first-order valence-electron chi connectivity index (χ1n) is 7.27. The van der Waals surface area contributed by atoms with Gasteiger partial charge in [0.1, 0.15) is 11.3 Å². The van der Waals surface area contributed by atoms with E-state index in [1.165, 1.54) is 16.9 Å². The molecule has 0 saturated heterocycles. The lowest BCUT2D eigenvalue weighted by Crippen LogP contribution is -2.04. The van der Waals surface area contributed by atoms with Gasteiger partial charge in [-0.15, -0.1) is 11.3 Å². The third-order valence-corrected chi connectivity index (χ3v) is 4.20. The number of anilines is 1. The number of hydrogen-bond donors (Lipinski definition) is 1. The summed E-state index contributed by atoms with van der Waals surface area (Å²) < 4.78 is 2.31. The van der Waals surface area contributed by atoms with Gasteiger partial charge in [0.25, 0.3) is 0 Å². The molecule has 0 atom stereocenters. The zero-order valence-electron chi connectivity index (χ0n) is 12.1. The summed E-state index contributed by atoms with van der Waals surface area (Å²) in [6.07, 6.45) is 7.70. The highest BCUT2D eigenvalue weighted by atomic mass is 32.1. The minimum absolute atomic E-state index is 0.647. The topological polar surface area (TPSA) is 69.6 Å². The van der Waals surface area contributed by atoms with Crippen LogP contribution in [0.2, 0.25) is 0 Å². The lowest BCUT2D eigenvalue weighted by atomic mass is 10.2. The number of nitrogen functional groups attached to an aromatic ring is 1. The van der Waals surface area contributed by atoms with Crippen molar-refractivity contribution in [3.05, 3.63) is 35.4 Å². The predicted molar refractivity (Wildman–Crippen MR) is 86.4 cm³/mol. The quantitative estimate of drug-likeness (QED) is 0.759. The highest BCUT2D eigenvalue weighted by Gasteiger charge is 2.10. The fraction of sp³-hybridized carbons (Fsp3) is 0.400. The van der Waals surface area contributed by atoms with Gasteiger partial charge in [-0.25, -0.2) is 9.97 Å². The van der Waals surface area contributed by atoms with Gasteiger partial charge in [-0.3, -0.25) is 4.98 Å². The van der Waals surface area contributed by atoms with Gasteiger partial charge in [0.15, 0.2) is 5.13 Å². The molecule has 3 aromatic rings. The number of fused-ring (bicyclic) bond motifs is 1. The number of rotatable bonds is 6. The van der Waals surface area contributed by atoms with Crippen molar-refractivity contribution in [2.45, 2.75) is 39.2 Å². The maximum absolute atomic E-state index is 5.66. The molecule has 2 N–H and O–H groups in total. The fourth-order valence-electron chi connectivity index (χ4n) is 2.56. The molecule has 0 radical (unpaired) electrons. The third kappa shape index (κ3) is 3.05. The molecule has 0 fully saturated rings. The Bertz CT molecular complexity index is 731. The second-order valence-electron chi connectivity index (χ2n) is 5.07. The van der Waals surface area contributed by atoms with E-state index >= 15 is 0 Å². The van der Waals surface area contributed by atoms with Crippen LogP contribution in [-0.4, -0.2) is 19.5 Å². The molecule has 110 valence electrons. The summed E-state index contributed by atoms with van der Waals surface area (Å²) in [6.45, 7) is 3.19. The Kier molecular flexibility index (Phi) is 4.15. The first-order chi connectivity index (χ1) is 10.3. The van der Waals surface area contributed by atoms with E-state index in [0.29, 0.717) is 5.13 Å². The van der Waals surface area contributed by atoms with Crippen molar-refractivity contribution in [2.24, 2.45) is 0 Å². The number of aryl methyl sites for hydroxylation is 3. The minimum Gasteiger partial charge on any atom is -0.375 e. The Morgan fingerprint density at radius 1 is 1.29 bits per heavy atom. The molecule has 3 heterocycles. The monoisotopic (exact) mass is 301 g/mol. The van der Waals surface area contributed by atoms with Gasteiger partial charge >= 0.3 is 0 Å². The van der Waals surface area contributed by atoms with Gasteiger partial charge in [0.2, 0.25) is 0 Å². The van der Waals surface area contributed by atoms with Crippen LogP contribution >= 0.6 is 11.3 Å². The molecule has 0 saturated carbocycles. The molecule has 0 aromatic carbocycles. The summed E-state index contributed by atoms with van der Waals surface area (Å²) in [6, 6.07) is 2.04. The number of pyridine rings is 1. The van der Waals surface area contributed by atoms with E-state index in [2.05, 4.69) is 21.5 Å². The Hall–Kier alpha value is -1.95. The van der Waals surface area contributed by atoms with Crippen molar-refractivity contribution in [1.82, 2.24) is 19.5 Å². The van der Waals surface area contributed by atoms with Gasteiger partial charge in [-0.05, 0) is 25.3 Å². The highest BCUT2D eigenvalue weighted by Crippen LogP contribution is 2.18. The van der Waals surface area contributed by atoms with E-state index in [1.54, 1.807) is 0 Å². The lowest BCUT2D eigenvalue weighted by molar-refractivity contribution is 0.636. The fourth-order valence-corrected chi connectivity index (χ4v) is 3.16. The van der Waals surface area contributed by atoms with E-state index in [-0.39, 0.29) is 0 Å². The zero-order chi connectivity index (χ0) is 14.7. The molecule has 0 spiro atoms. The molecule has 21 heavy (non-hydrogen) atoms. The van der Waals surface area contributed by atoms with Crippen LogP contribution in [0.1, 0.15) is 31.3 Å². The maximum atomic E-state index is 5.66. The first kappa shape index (κ1) is 14.0. The second-order valence-corrected chi connectivity index (χ2v) is 5.96. The van der Waals surface area contributed by atoms with Crippen LogP contribution in [0.25, 0.3) is 11.0 Å². The van der Waals surface area contributed by atoms with Gasteiger partial charge in [0, 0.05) is 24.5 Å². The van der Waals surface area contributed by atoms with E-state index in [4.69, 9.17) is 10.7 Å². The Morgan fingerprint density at radius 3 is 2.95 bits per heavy atom. The molecule has 0 unspecified atom stereocenters. The zero-order valence-corrected chi connectivity index (χ0v) is 12.9. The number of hydrogen-bond acceptors (Lipinski definition) is 5. The molecule has 0 aliphatic heterocycles. The minimum atomic E-state index is 0.647.